The van der Waals surface area contributed by atoms with Crippen LogP contribution in [-0.2, 0) is 0 Å². The lowest BCUT2D eigenvalue weighted by Crippen LogP contribution is -2.37. The molecule has 0 saturated carbocycles. The van der Waals surface area contributed by atoms with Gasteiger partial charge < -0.3 is 0 Å². The molecule has 0 radical (unpaired) electrons. The third kappa shape index (κ3) is 4.29. The molecule has 0 rings (SSSR count). The summed E-state index contributed by atoms with van der Waals surface area (Å²) in [6, 6.07) is 0. The number of hydrogen-bond donors (Lipinski definition) is 0. The van der Waals surface area contributed by atoms with Crippen LogP contribution >= 0.6 is 8.37 Å². The molecule has 0 unspecified atom stereocenters. The molecule has 0 saturated heterocycles. The fourth-order valence-corrected chi connectivity index (χ4v) is 4.56. The van der Waals surface area contributed by atoms with Gasteiger partial charge in [-0.1, -0.05) is 41.5 Å². The lowest BCUT2D eigenvalue weighted by molar-refractivity contribution is 0.352. The van der Waals surface area contributed by atoms with E-state index < -0.39 is 0 Å². The number of hydrogen-bond acceptors (Lipinski definition) is 3. The highest BCUT2D eigenvalue weighted by Crippen LogP contribution is 2.46. The molecule has 4 heteroatoms. The summed E-state index contributed by atoms with van der Waals surface area (Å²) in [5.41, 5.74) is 0. The molecule has 3 nitrogen and oxygen atoms in total. The fourth-order valence-electron chi connectivity index (χ4n) is 1.97. The zero-order valence-electron chi connectivity index (χ0n) is 12.0. The van der Waals surface area contributed by atoms with Crippen molar-refractivity contribution in [1.29, 1.82) is 0 Å². The summed E-state index contributed by atoms with van der Waals surface area (Å²) in [4.78, 5) is 0. The van der Waals surface area contributed by atoms with E-state index in [4.69, 9.17) is 0 Å². The first kappa shape index (κ1) is 16.3. The Bertz CT molecular complexity index is 126. The van der Waals surface area contributed by atoms with Crippen LogP contribution in [0.25, 0.3) is 0 Å². The maximum absolute atomic E-state index is 2.61. The van der Waals surface area contributed by atoms with Gasteiger partial charge in [-0.25, -0.2) is 0 Å². The van der Waals surface area contributed by atoms with Gasteiger partial charge in [-0.3, -0.25) is 14.0 Å². The second-order valence-electron chi connectivity index (χ2n) is 3.69. The Morgan fingerprint density at radius 3 is 0.812 bits per heavy atom. The molecule has 0 aliphatic carbocycles. The number of nitrogens with zero attached hydrogens (tertiary/aromatic N) is 3. The standard InChI is InChI=1S/C12H30N3P/c1-7-13(8-2)16(14(9-3)10-4)15(11-5)12-6/h7-12H2,1-6H3. The largest absolute Gasteiger partial charge is 0.258 e. The molecular formula is C12H30N3P. The van der Waals surface area contributed by atoms with E-state index in [1.165, 1.54) is 0 Å². The van der Waals surface area contributed by atoms with Crippen molar-refractivity contribution >= 4 is 8.37 Å². The van der Waals surface area contributed by atoms with Crippen LogP contribution in [-0.4, -0.2) is 53.3 Å². The topological polar surface area (TPSA) is 9.72 Å². The van der Waals surface area contributed by atoms with E-state index in [0.29, 0.717) is 0 Å². The normalized spacial score (nSPS) is 12.4. The Labute approximate surface area is 104 Å². The van der Waals surface area contributed by atoms with Crippen LogP contribution in [0.3, 0.4) is 0 Å². The molecule has 0 spiro atoms. The average molecular weight is 247 g/mol. The first-order valence-electron chi connectivity index (χ1n) is 6.74. The number of rotatable bonds is 9. The van der Waals surface area contributed by atoms with Gasteiger partial charge in [0.2, 0.25) is 0 Å². The summed E-state index contributed by atoms with van der Waals surface area (Å²) < 4.78 is 7.82. The molecule has 0 aromatic carbocycles. The van der Waals surface area contributed by atoms with E-state index in [0.717, 1.165) is 39.3 Å². The van der Waals surface area contributed by atoms with E-state index in [-0.39, 0.29) is 8.37 Å². The monoisotopic (exact) mass is 247 g/mol. The van der Waals surface area contributed by atoms with Gasteiger partial charge >= 0.3 is 0 Å². The first-order valence-corrected chi connectivity index (χ1v) is 7.94. The van der Waals surface area contributed by atoms with Crippen LogP contribution in [0.15, 0.2) is 0 Å². The lowest BCUT2D eigenvalue weighted by Gasteiger charge is -2.43. The highest BCUT2D eigenvalue weighted by Gasteiger charge is 2.26. The Balaban J connectivity index is 4.84. The van der Waals surface area contributed by atoms with Crippen molar-refractivity contribution in [3.8, 4) is 0 Å². The van der Waals surface area contributed by atoms with Gasteiger partial charge in [0.05, 0.1) is 0 Å². The van der Waals surface area contributed by atoms with E-state index >= 15 is 0 Å². The first-order chi connectivity index (χ1) is 7.69. The molecule has 0 fully saturated rings. The SMILES string of the molecule is CCN(CC)P(N(CC)CC)N(CC)CC. The predicted molar refractivity (Wildman–Crippen MR) is 75.7 cm³/mol. The zero-order valence-corrected chi connectivity index (χ0v) is 12.9. The van der Waals surface area contributed by atoms with Crippen molar-refractivity contribution < 1.29 is 0 Å². The fraction of sp³-hybridized carbons (Fsp3) is 1.00. The third-order valence-electron chi connectivity index (χ3n) is 2.95. The van der Waals surface area contributed by atoms with Gasteiger partial charge in [-0.2, -0.15) is 0 Å². The van der Waals surface area contributed by atoms with Gasteiger partial charge in [0.25, 0.3) is 0 Å². The highest BCUT2D eigenvalue weighted by molar-refractivity contribution is 7.50. The summed E-state index contributed by atoms with van der Waals surface area (Å²) in [6.07, 6.45) is 0. The van der Waals surface area contributed by atoms with E-state index in [1.807, 2.05) is 0 Å². The average Bonchev–Trinajstić information content (AvgIpc) is 2.33. The van der Waals surface area contributed by atoms with Gasteiger partial charge in [0.15, 0.2) is 0 Å². The zero-order chi connectivity index (χ0) is 12.6. The van der Waals surface area contributed by atoms with Crippen LogP contribution in [0.5, 0.6) is 0 Å². The molecule has 0 aromatic heterocycles. The Morgan fingerprint density at radius 2 is 0.688 bits per heavy atom. The van der Waals surface area contributed by atoms with Gasteiger partial charge in [0.1, 0.15) is 8.37 Å². The Morgan fingerprint density at radius 1 is 0.500 bits per heavy atom. The van der Waals surface area contributed by atoms with Crippen molar-refractivity contribution in [2.75, 3.05) is 39.3 Å². The van der Waals surface area contributed by atoms with Gasteiger partial charge in [-0.05, 0) is 0 Å². The molecular weight excluding hydrogens is 217 g/mol. The minimum atomic E-state index is -0.252. The molecule has 98 valence electrons. The minimum absolute atomic E-state index is 0.252. The molecule has 0 amide bonds. The van der Waals surface area contributed by atoms with Gasteiger partial charge in [0, 0.05) is 39.3 Å². The van der Waals surface area contributed by atoms with Crippen molar-refractivity contribution in [2.24, 2.45) is 0 Å². The molecule has 0 aliphatic heterocycles. The molecule has 0 N–H and O–H groups in total. The quantitative estimate of drug-likeness (QED) is 0.579. The van der Waals surface area contributed by atoms with Gasteiger partial charge in [-0.15, -0.1) is 0 Å². The molecule has 0 atom stereocenters. The summed E-state index contributed by atoms with van der Waals surface area (Å²) >= 11 is 0. The second kappa shape index (κ2) is 9.35. The molecule has 0 aliphatic rings. The molecule has 0 bridgehead atoms. The Kier molecular flexibility index (Phi) is 9.53. The summed E-state index contributed by atoms with van der Waals surface area (Å²) in [6.45, 7) is 20.5. The van der Waals surface area contributed by atoms with Crippen molar-refractivity contribution in [2.45, 2.75) is 41.5 Å². The molecule has 0 aromatic rings. The van der Waals surface area contributed by atoms with Crippen LogP contribution in [0, 0.1) is 0 Å². The van der Waals surface area contributed by atoms with E-state index in [9.17, 15) is 0 Å². The summed E-state index contributed by atoms with van der Waals surface area (Å²) in [7, 11) is -0.252. The van der Waals surface area contributed by atoms with E-state index in [1.54, 1.807) is 0 Å². The molecule has 16 heavy (non-hydrogen) atoms. The van der Waals surface area contributed by atoms with E-state index in [2.05, 4.69) is 55.6 Å². The maximum Gasteiger partial charge on any atom is 0.120 e. The maximum atomic E-state index is 2.61. The predicted octanol–water partition coefficient (Wildman–Crippen LogP) is 3.24. The smallest absolute Gasteiger partial charge is 0.120 e. The van der Waals surface area contributed by atoms with Crippen molar-refractivity contribution in [3.63, 3.8) is 0 Å². The summed E-state index contributed by atoms with van der Waals surface area (Å²) in [5, 5.41) is 0. The van der Waals surface area contributed by atoms with Crippen LogP contribution in [0.4, 0.5) is 0 Å². The van der Waals surface area contributed by atoms with Crippen LogP contribution < -0.4 is 0 Å². The van der Waals surface area contributed by atoms with Crippen molar-refractivity contribution in [3.05, 3.63) is 0 Å². The van der Waals surface area contributed by atoms with Crippen LogP contribution in [0.1, 0.15) is 41.5 Å². The summed E-state index contributed by atoms with van der Waals surface area (Å²) in [5.74, 6) is 0. The highest BCUT2D eigenvalue weighted by atomic mass is 31.2. The molecule has 0 heterocycles. The van der Waals surface area contributed by atoms with Crippen LogP contribution in [0.2, 0.25) is 0 Å². The Hall–Kier alpha value is 0.310. The second-order valence-corrected chi connectivity index (χ2v) is 5.92. The van der Waals surface area contributed by atoms with Crippen molar-refractivity contribution in [1.82, 2.24) is 14.0 Å². The lowest BCUT2D eigenvalue weighted by atomic mass is 10.7. The minimum Gasteiger partial charge on any atom is -0.258 e. The third-order valence-corrected chi connectivity index (χ3v) is 6.16.